The van der Waals surface area contributed by atoms with E-state index in [9.17, 15) is 9.59 Å². The number of nitrogens with one attached hydrogen (secondary N) is 1. The van der Waals surface area contributed by atoms with E-state index in [1.165, 1.54) is 24.8 Å². The number of aromatic nitrogens is 3. The molecule has 34 heavy (non-hydrogen) atoms. The fraction of sp³-hybridized carbons (Fsp3) is 0.120. The van der Waals surface area contributed by atoms with E-state index in [0.717, 1.165) is 32.4 Å². The molecule has 0 saturated carbocycles. The Bertz CT molecular complexity index is 1510. The summed E-state index contributed by atoms with van der Waals surface area (Å²) < 4.78 is 7.49. The van der Waals surface area contributed by atoms with Crippen LogP contribution < -0.4 is 10.9 Å². The molecule has 0 atom stereocenters. The topological polar surface area (TPSA) is 90.0 Å². The third kappa shape index (κ3) is 4.80. The lowest BCUT2D eigenvalue weighted by atomic mass is 10.1. The van der Waals surface area contributed by atoms with Gasteiger partial charge in [-0.1, -0.05) is 48.2 Å². The zero-order valence-electron chi connectivity index (χ0n) is 18.2. The van der Waals surface area contributed by atoms with Crippen LogP contribution in [0.2, 0.25) is 0 Å². The van der Waals surface area contributed by atoms with Crippen LogP contribution in [0.15, 0.2) is 86.5 Å². The van der Waals surface area contributed by atoms with Crippen LogP contribution in [0.25, 0.3) is 21.7 Å². The molecular weight excluding hydrogens is 468 g/mol. The van der Waals surface area contributed by atoms with Crippen LogP contribution in [0.3, 0.4) is 0 Å². The fourth-order valence-corrected chi connectivity index (χ4v) is 5.31. The predicted molar refractivity (Wildman–Crippen MR) is 135 cm³/mol. The van der Waals surface area contributed by atoms with Crippen molar-refractivity contribution in [1.82, 2.24) is 14.8 Å². The summed E-state index contributed by atoms with van der Waals surface area (Å²) in [4.78, 5) is 24.6. The molecule has 0 unspecified atom stereocenters. The molecule has 0 aliphatic rings. The van der Waals surface area contributed by atoms with Gasteiger partial charge in [-0.15, -0.1) is 21.5 Å². The van der Waals surface area contributed by atoms with E-state index >= 15 is 0 Å². The zero-order valence-corrected chi connectivity index (χ0v) is 19.9. The second-order valence-corrected chi connectivity index (χ2v) is 9.52. The van der Waals surface area contributed by atoms with Gasteiger partial charge in [0.05, 0.1) is 11.4 Å². The molecule has 9 heteroatoms. The summed E-state index contributed by atoms with van der Waals surface area (Å²) >= 11 is 3.14. The van der Waals surface area contributed by atoms with Gasteiger partial charge in [-0.2, -0.15) is 0 Å². The number of amides is 1. The van der Waals surface area contributed by atoms with Gasteiger partial charge in [0.2, 0.25) is 5.91 Å². The van der Waals surface area contributed by atoms with Crippen molar-refractivity contribution in [3.8, 4) is 10.7 Å². The summed E-state index contributed by atoms with van der Waals surface area (Å²) in [5.41, 5.74) is 2.56. The molecule has 1 N–H and O–H groups in total. The highest BCUT2D eigenvalue weighted by molar-refractivity contribution is 7.98. The highest BCUT2D eigenvalue weighted by Crippen LogP contribution is 2.31. The van der Waals surface area contributed by atoms with Crippen LogP contribution in [0.5, 0.6) is 0 Å². The van der Waals surface area contributed by atoms with Gasteiger partial charge in [-0.3, -0.25) is 9.36 Å². The van der Waals surface area contributed by atoms with Crippen LogP contribution in [0, 0.1) is 0 Å². The third-order valence-electron chi connectivity index (χ3n) is 5.15. The molecule has 2 aromatic carbocycles. The maximum atomic E-state index is 12.2. The highest BCUT2D eigenvalue weighted by atomic mass is 32.2. The smallest absolute Gasteiger partial charge is 0.336 e. The Balaban J connectivity index is 1.47. The predicted octanol–water partition coefficient (Wildman–Crippen LogP) is 5.41. The van der Waals surface area contributed by atoms with Gasteiger partial charge in [0.1, 0.15) is 5.58 Å². The minimum absolute atomic E-state index is 0.187. The number of nitrogens with zero attached hydrogens (tertiary/aromatic N) is 3. The Kier molecular flexibility index (Phi) is 6.29. The summed E-state index contributed by atoms with van der Waals surface area (Å²) in [5, 5.41) is 15.3. The number of carbonyl (C=O) groups excluding carboxylic acids is 1. The summed E-state index contributed by atoms with van der Waals surface area (Å²) in [6, 6.07) is 21.0. The Labute approximate surface area is 203 Å². The van der Waals surface area contributed by atoms with E-state index in [-0.39, 0.29) is 5.91 Å². The number of hydrogen-bond acceptors (Lipinski definition) is 7. The van der Waals surface area contributed by atoms with E-state index in [2.05, 4.69) is 32.2 Å². The molecule has 0 radical (unpaired) electrons. The average molecular weight is 489 g/mol. The molecular formula is C25H20N4O3S2. The number of thioether (sulfide) groups is 1. The maximum absolute atomic E-state index is 12.2. The standard InChI is InChI=1S/C25H20N4O3S2/c1-16(30)26-19-9-10-20-18(12-23(31)32-21(20)13-19)15-34-25-28-27-24(22-8-5-11-33-22)29(25)14-17-6-3-2-4-7-17/h2-13H,14-15H2,1H3,(H,26,30). The Morgan fingerprint density at radius 3 is 2.71 bits per heavy atom. The van der Waals surface area contributed by atoms with Crippen molar-refractivity contribution in [1.29, 1.82) is 0 Å². The van der Waals surface area contributed by atoms with Gasteiger partial charge in [0.25, 0.3) is 0 Å². The molecule has 5 aromatic rings. The van der Waals surface area contributed by atoms with Gasteiger partial charge < -0.3 is 9.73 Å². The van der Waals surface area contributed by atoms with Crippen LogP contribution in [0.1, 0.15) is 18.1 Å². The number of carbonyl (C=O) groups is 1. The van der Waals surface area contributed by atoms with Crippen molar-refractivity contribution >= 4 is 45.7 Å². The molecule has 0 saturated heterocycles. The summed E-state index contributed by atoms with van der Waals surface area (Å²) in [7, 11) is 0. The monoisotopic (exact) mass is 488 g/mol. The SMILES string of the molecule is CC(=O)Nc1ccc2c(CSc3nnc(-c4cccs4)n3Cc3ccccc3)cc(=O)oc2c1. The van der Waals surface area contributed by atoms with Crippen molar-refractivity contribution in [2.24, 2.45) is 0 Å². The lowest BCUT2D eigenvalue weighted by Gasteiger charge is -2.11. The molecule has 0 fully saturated rings. The van der Waals surface area contributed by atoms with Crippen molar-refractivity contribution in [3.05, 3.63) is 93.7 Å². The molecule has 0 spiro atoms. The van der Waals surface area contributed by atoms with Crippen LogP contribution in [0.4, 0.5) is 5.69 Å². The van der Waals surface area contributed by atoms with E-state index in [4.69, 9.17) is 4.42 Å². The Hall–Kier alpha value is -3.69. The van der Waals surface area contributed by atoms with Crippen molar-refractivity contribution < 1.29 is 9.21 Å². The highest BCUT2D eigenvalue weighted by Gasteiger charge is 2.17. The van der Waals surface area contributed by atoms with E-state index in [0.29, 0.717) is 23.6 Å². The van der Waals surface area contributed by atoms with E-state index in [1.807, 2.05) is 41.8 Å². The number of benzene rings is 2. The molecule has 0 bridgehead atoms. The molecule has 0 aliphatic carbocycles. The number of rotatable bonds is 7. The van der Waals surface area contributed by atoms with Crippen molar-refractivity contribution in [3.63, 3.8) is 0 Å². The number of hydrogen-bond donors (Lipinski definition) is 1. The van der Waals surface area contributed by atoms with Crippen LogP contribution in [-0.4, -0.2) is 20.7 Å². The van der Waals surface area contributed by atoms with Gasteiger partial charge >= 0.3 is 5.63 Å². The van der Waals surface area contributed by atoms with E-state index in [1.54, 1.807) is 23.5 Å². The lowest BCUT2D eigenvalue weighted by Crippen LogP contribution is -2.06. The Morgan fingerprint density at radius 1 is 1.09 bits per heavy atom. The zero-order chi connectivity index (χ0) is 23.5. The van der Waals surface area contributed by atoms with Gasteiger partial charge in [0.15, 0.2) is 11.0 Å². The third-order valence-corrected chi connectivity index (χ3v) is 7.03. The minimum Gasteiger partial charge on any atom is -0.423 e. The maximum Gasteiger partial charge on any atom is 0.336 e. The Morgan fingerprint density at radius 2 is 1.94 bits per heavy atom. The lowest BCUT2D eigenvalue weighted by molar-refractivity contribution is -0.114. The number of anilines is 1. The quantitative estimate of drug-likeness (QED) is 0.243. The first-order valence-electron chi connectivity index (χ1n) is 10.5. The van der Waals surface area contributed by atoms with E-state index < -0.39 is 5.63 Å². The molecule has 0 aliphatic heterocycles. The van der Waals surface area contributed by atoms with Crippen LogP contribution >= 0.6 is 23.1 Å². The molecule has 7 nitrogen and oxygen atoms in total. The minimum atomic E-state index is -0.437. The van der Waals surface area contributed by atoms with Gasteiger partial charge in [-0.05, 0) is 34.7 Å². The molecule has 170 valence electrons. The largest absolute Gasteiger partial charge is 0.423 e. The number of fused-ring (bicyclic) bond motifs is 1. The van der Waals surface area contributed by atoms with Gasteiger partial charge in [-0.25, -0.2) is 4.79 Å². The average Bonchev–Trinajstić information content (AvgIpc) is 3.47. The van der Waals surface area contributed by atoms with Crippen molar-refractivity contribution in [2.75, 3.05) is 5.32 Å². The second kappa shape index (κ2) is 9.66. The molecule has 3 aromatic heterocycles. The molecule has 1 amide bonds. The summed E-state index contributed by atoms with van der Waals surface area (Å²) in [6.45, 7) is 2.07. The summed E-state index contributed by atoms with van der Waals surface area (Å²) in [6.07, 6.45) is 0. The van der Waals surface area contributed by atoms with Crippen LogP contribution in [-0.2, 0) is 17.1 Å². The van der Waals surface area contributed by atoms with Gasteiger partial charge in [0, 0.05) is 35.9 Å². The first kappa shape index (κ1) is 22.1. The second-order valence-electron chi connectivity index (χ2n) is 7.63. The number of thiophene rings is 1. The fourth-order valence-electron chi connectivity index (χ4n) is 3.66. The molecule has 3 heterocycles. The van der Waals surface area contributed by atoms with Crippen molar-refractivity contribution in [2.45, 2.75) is 24.4 Å². The normalized spacial score (nSPS) is 11.1. The first-order chi connectivity index (χ1) is 16.6. The molecule has 5 rings (SSSR count). The summed E-state index contributed by atoms with van der Waals surface area (Å²) in [5.74, 6) is 1.14. The first-order valence-corrected chi connectivity index (χ1v) is 12.4.